The first-order chi connectivity index (χ1) is 8.71. The van der Waals surface area contributed by atoms with Crippen LogP contribution < -0.4 is 0 Å². The number of hydrogen-bond acceptors (Lipinski definition) is 1. The molecule has 0 bridgehead atoms. The molecule has 0 spiro atoms. The van der Waals surface area contributed by atoms with E-state index in [1.165, 1.54) is 0 Å². The van der Waals surface area contributed by atoms with Crippen molar-refractivity contribution in [3.63, 3.8) is 0 Å². The van der Waals surface area contributed by atoms with Crippen LogP contribution in [0.4, 0.5) is 0 Å². The molecular weight excluding hydrogens is 288 g/mol. The highest BCUT2D eigenvalue weighted by atomic mass is 28.4. The average Bonchev–Trinajstić information content (AvgIpc) is 2.11. The summed E-state index contributed by atoms with van der Waals surface area (Å²) in [4.78, 5) is 0. The van der Waals surface area contributed by atoms with Crippen molar-refractivity contribution in [1.29, 1.82) is 0 Å². The summed E-state index contributed by atoms with van der Waals surface area (Å²) >= 11 is 0. The second kappa shape index (κ2) is 5.49. The van der Waals surface area contributed by atoms with E-state index in [4.69, 9.17) is 4.43 Å². The van der Waals surface area contributed by atoms with Crippen LogP contribution in [0.15, 0.2) is 0 Å². The van der Waals surface area contributed by atoms with Crippen molar-refractivity contribution in [3.8, 4) is 0 Å². The summed E-state index contributed by atoms with van der Waals surface area (Å²) in [5.41, 5.74) is 0.256. The van der Waals surface area contributed by atoms with Gasteiger partial charge in [-0.2, -0.15) is 0 Å². The van der Waals surface area contributed by atoms with Gasteiger partial charge in [0.2, 0.25) is 0 Å². The molecule has 0 aromatic carbocycles. The third-order valence-electron chi connectivity index (χ3n) is 7.27. The summed E-state index contributed by atoms with van der Waals surface area (Å²) in [5, 5.41) is 0.552. The van der Waals surface area contributed by atoms with Gasteiger partial charge < -0.3 is 4.43 Å². The first-order valence-electron chi connectivity index (χ1n) is 8.41. The second-order valence-corrected chi connectivity index (χ2v) is 21.3. The lowest BCUT2D eigenvalue weighted by atomic mass is 9.82. The molecule has 0 fully saturated rings. The average molecular weight is 331 g/mol. The molecular formula is C18H42OSi2. The molecule has 0 atom stereocenters. The SMILES string of the molecule is CC(C)(C)C(C)(C)[Si](C)(C)OC(C)(C)[Si](C)(C)C(C)(C)C. The molecule has 0 saturated heterocycles. The fourth-order valence-corrected chi connectivity index (χ4v) is 9.63. The molecule has 0 aliphatic heterocycles. The van der Waals surface area contributed by atoms with Crippen LogP contribution >= 0.6 is 0 Å². The van der Waals surface area contributed by atoms with E-state index in [0.29, 0.717) is 5.04 Å². The molecule has 0 rings (SSSR count). The highest BCUT2D eigenvalue weighted by Crippen LogP contribution is 2.55. The van der Waals surface area contributed by atoms with Gasteiger partial charge in [-0.05, 0) is 42.4 Å². The maximum Gasteiger partial charge on any atom is 0.193 e. The Morgan fingerprint density at radius 3 is 1.19 bits per heavy atom. The van der Waals surface area contributed by atoms with Gasteiger partial charge in [-0.3, -0.25) is 0 Å². The molecule has 0 N–H and O–H groups in total. The zero-order valence-electron chi connectivity index (χ0n) is 17.4. The Bertz CT molecular complexity index is 330. The minimum absolute atomic E-state index is 0.0104. The summed E-state index contributed by atoms with van der Waals surface area (Å²) in [6.45, 7) is 33.5. The van der Waals surface area contributed by atoms with E-state index in [0.717, 1.165) is 0 Å². The summed E-state index contributed by atoms with van der Waals surface area (Å²) in [6.07, 6.45) is 0. The minimum Gasteiger partial charge on any atom is -0.415 e. The smallest absolute Gasteiger partial charge is 0.193 e. The van der Waals surface area contributed by atoms with Gasteiger partial charge in [-0.25, -0.2) is 0 Å². The summed E-state index contributed by atoms with van der Waals surface area (Å²) in [7, 11) is -3.42. The van der Waals surface area contributed by atoms with Crippen molar-refractivity contribution in [2.45, 2.75) is 111 Å². The fraction of sp³-hybridized carbons (Fsp3) is 1.00. The maximum absolute atomic E-state index is 7.01. The molecule has 0 amide bonds. The maximum atomic E-state index is 7.01. The molecule has 21 heavy (non-hydrogen) atoms. The monoisotopic (exact) mass is 330 g/mol. The van der Waals surface area contributed by atoms with Crippen LogP contribution in [0.1, 0.15) is 69.2 Å². The Morgan fingerprint density at radius 1 is 0.619 bits per heavy atom. The van der Waals surface area contributed by atoms with Crippen LogP contribution in [0, 0.1) is 5.41 Å². The van der Waals surface area contributed by atoms with Gasteiger partial charge >= 0.3 is 0 Å². The zero-order valence-corrected chi connectivity index (χ0v) is 19.4. The molecule has 128 valence electrons. The van der Waals surface area contributed by atoms with Gasteiger partial charge in [0.25, 0.3) is 0 Å². The van der Waals surface area contributed by atoms with Crippen molar-refractivity contribution in [2.75, 3.05) is 0 Å². The molecule has 0 saturated carbocycles. The normalized spacial score (nSPS) is 16.3. The first kappa shape index (κ1) is 21.4. The van der Waals surface area contributed by atoms with Crippen molar-refractivity contribution in [1.82, 2.24) is 0 Å². The van der Waals surface area contributed by atoms with Crippen molar-refractivity contribution in [2.24, 2.45) is 5.41 Å². The van der Waals surface area contributed by atoms with Crippen molar-refractivity contribution >= 4 is 16.4 Å². The number of hydrogen-bond donors (Lipinski definition) is 0. The lowest BCUT2D eigenvalue weighted by Gasteiger charge is -2.56. The number of rotatable bonds is 4. The lowest BCUT2D eigenvalue weighted by molar-refractivity contribution is 0.136. The van der Waals surface area contributed by atoms with E-state index < -0.39 is 16.4 Å². The van der Waals surface area contributed by atoms with Crippen LogP contribution in [0.5, 0.6) is 0 Å². The highest BCUT2D eigenvalue weighted by molar-refractivity contribution is 6.84. The lowest BCUT2D eigenvalue weighted by Crippen LogP contribution is -2.63. The quantitative estimate of drug-likeness (QED) is 0.511. The van der Waals surface area contributed by atoms with Gasteiger partial charge in [-0.15, -0.1) is 0 Å². The van der Waals surface area contributed by atoms with Gasteiger partial charge in [0.15, 0.2) is 8.32 Å². The molecule has 3 heteroatoms. The Hall–Kier alpha value is 0.394. The predicted molar refractivity (Wildman–Crippen MR) is 103 cm³/mol. The van der Waals surface area contributed by atoms with Gasteiger partial charge in [0.1, 0.15) is 0 Å². The van der Waals surface area contributed by atoms with Crippen molar-refractivity contribution < 1.29 is 4.43 Å². The summed E-state index contributed by atoms with van der Waals surface area (Å²) < 4.78 is 7.01. The molecule has 0 radical (unpaired) electrons. The Kier molecular flexibility index (Phi) is 5.59. The van der Waals surface area contributed by atoms with E-state index >= 15 is 0 Å². The van der Waals surface area contributed by atoms with Crippen LogP contribution in [-0.2, 0) is 4.43 Å². The third kappa shape index (κ3) is 3.84. The standard InChI is InChI=1S/C18H42OSi2/c1-15(2,3)17(7,8)21(13,14)19-18(9,10)20(11,12)16(4,5)6/h1-14H3. The summed E-state index contributed by atoms with van der Waals surface area (Å²) in [5.74, 6) is 0. The summed E-state index contributed by atoms with van der Waals surface area (Å²) in [6, 6.07) is 0. The van der Waals surface area contributed by atoms with Gasteiger partial charge in [-0.1, -0.05) is 68.5 Å². The van der Waals surface area contributed by atoms with E-state index in [-0.39, 0.29) is 15.7 Å². The third-order valence-corrected chi connectivity index (χ3v) is 19.1. The minimum atomic E-state index is -1.86. The van der Waals surface area contributed by atoms with Crippen LogP contribution in [0.25, 0.3) is 0 Å². The molecule has 1 nitrogen and oxygen atoms in total. The van der Waals surface area contributed by atoms with E-state index in [1.54, 1.807) is 0 Å². The first-order valence-corrected chi connectivity index (χ1v) is 14.3. The predicted octanol–water partition coefficient (Wildman–Crippen LogP) is 6.86. The van der Waals surface area contributed by atoms with Crippen LogP contribution in [0.2, 0.25) is 36.3 Å². The second-order valence-electron chi connectivity index (χ2n) is 10.9. The molecule has 0 aromatic rings. The highest BCUT2D eigenvalue weighted by Gasteiger charge is 2.55. The Morgan fingerprint density at radius 2 is 0.952 bits per heavy atom. The van der Waals surface area contributed by atoms with Gasteiger partial charge in [0.05, 0.1) is 8.07 Å². The molecule has 0 aliphatic rings. The van der Waals surface area contributed by atoms with E-state index in [2.05, 4.69) is 95.4 Å². The molecule has 0 aliphatic carbocycles. The van der Waals surface area contributed by atoms with E-state index in [1.807, 2.05) is 0 Å². The van der Waals surface area contributed by atoms with Crippen molar-refractivity contribution in [3.05, 3.63) is 0 Å². The van der Waals surface area contributed by atoms with E-state index in [9.17, 15) is 0 Å². The zero-order chi connectivity index (χ0) is 17.7. The van der Waals surface area contributed by atoms with Gasteiger partial charge in [0, 0.05) is 5.22 Å². The molecule has 0 aromatic heterocycles. The molecule has 0 unspecified atom stereocenters. The fourth-order valence-electron chi connectivity index (χ4n) is 2.70. The largest absolute Gasteiger partial charge is 0.415 e. The Labute approximate surface area is 137 Å². The topological polar surface area (TPSA) is 9.23 Å². The Balaban J connectivity index is 5.65. The molecule has 0 heterocycles. The van der Waals surface area contributed by atoms with Crippen LogP contribution in [-0.4, -0.2) is 21.6 Å². The van der Waals surface area contributed by atoms with Crippen LogP contribution in [0.3, 0.4) is 0 Å².